The Morgan fingerprint density at radius 2 is 1.77 bits per heavy atom. The van der Waals surface area contributed by atoms with Gasteiger partial charge in [-0.2, -0.15) is 0 Å². The van der Waals surface area contributed by atoms with E-state index in [0.29, 0.717) is 0 Å². The molecule has 0 bridgehead atoms. The summed E-state index contributed by atoms with van der Waals surface area (Å²) in [6.07, 6.45) is 0.0815. The van der Waals surface area contributed by atoms with Crippen LogP contribution in [0.1, 0.15) is 47.9 Å². The van der Waals surface area contributed by atoms with Crippen molar-refractivity contribution in [2.24, 2.45) is 0 Å². The third kappa shape index (κ3) is 5.55. The van der Waals surface area contributed by atoms with E-state index in [1.807, 2.05) is 0 Å². The summed E-state index contributed by atoms with van der Waals surface area (Å²) in [4.78, 5) is 36.1. The average molecular weight is 307 g/mol. The van der Waals surface area contributed by atoms with Crippen LogP contribution in [0.15, 0.2) is 24.3 Å². The predicted molar refractivity (Wildman–Crippen MR) is 80.8 cm³/mol. The van der Waals surface area contributed by atoms with Gasteiger partial charge in [-0.15, -0.1) is 0 Å². The van der Waals surface area contributed by atoms with Gasteiger partial charge in [0.05, 0.1) is 12.0 Å². The highest BCUT2D eigenvalue weighted by Gasteiger charge is 2.18. The molecule has 0 aliphatic rings. The molecule has 0 radical (unpaired) electrons. The van der Waals surface area contributed by atoms with Gasteiger partial charge >= 0.3 is 11.9 Å². The third-order valence-corrected chi connectivity index (χ3v) is 2.77. The summed E-state index contributed by atoms with van der Waals surface area (Å²) in [5.74, 6) is -1.82. The number of carbonyl (C=O) groups excluding carboxylic acids is 2. The Morgan fingerprint density at radius 1 is 1.18 bits per heavy atom. The van der Waals surface area contributed by atoms with Crippen molar-refractivity contribution in [2.75, 3.05) is 13.6 Å². The number of ether oxygens (including phenoxy) is 1. The molecule has 0 heterocycles. The van der Waals surface area contributed by atoms with Crippen LogP contribution in [0, 0.1) is 0 Å². The second-order valence-electron chi connectivity index (χ2n) is 5.95. The first-order valence-corrected chi connectivity index (χ1v) is 6.91. The lowest BCUT2D eigenvalue weighted by Gasteiger charge is -2.21. The highest BCUT2D eigenvalue weighted by Crippen LogP contribution is 2.10. The fraction of sp³-hybridized carbons (Fsp3) is 0.438. The van der Waals surface area contributed by atoms with Crippen molar-refractivity contribution in [3.05, 3.63) is 35.4 Å². The Bertz CT molecular complexity index is 574. The number of nitrogens with zero attached hydrogens (tertiary/aromatic N) is 1. The molecule has 6 heteroatoms. The SMILES string of the molecule is CN(CCC(=O)OC(C)(C)C)C(=O)c1cccc(C(=O)O)c1. The van der Waals surface area contributed by atoms with Crippen molar-refractivity contribution in [1.29, 1.82) is 0 Å². The fourth-order valence-electron chi connectivity index (χ4n) is 1.76. The minimum Gasteiger partial charge on any atom is -0.478 e. The number of amides is 1. The molecule has 0 aliphatic carbocycles. The molecule has 0 aliphatic heterocycles. The normalized spacial score (nSPS) is 10.9. The molecule has 1 aromatic rings. The van der Waals surface area contributed by atoms with Crippen molar-refractivity contribution >= 4 is 17.8 Å². The van der Waals surface area contributed by atoms with E-state index in [9.17, 15) is 14.4 Å². The monoisotopic (exact) mass is 307 g/mol. The molecule has 0 saturated carbocycles. The smallest absolute Gasteiger partial charge is 0.335 e. The van der Waals surface area contributed by atoms with Gasteiger partial charge in [0, 0.05) is 19.2 Å². The Labute approximate surface area is 129 Å². The average Bonchev–Trinajstić information content (AvgIpc) is 2.42. The second-order valence-corrected chi connectivity index (χ2v) is 5.95. The number of carboxylic acids is 1. The van der Waals surface area contributed by atoms with Crippen LogP contribution in [0.3, 0.4) is 0 Å². The van der Waals surface area contributed by atoms with Crippen LogP contribution in [-0.4, -0.2) is 47.0 Å². The van der Waals surface area contributed by atoms with Gasteiger partial charge in [-0.1, -0.05) is 6.07 Å². The molecular formula is C16H21NO5. The van der Waals surface area contributed by atoms with Crippen LogP contribution >= 0.6 is 0 Å². The summed E-state index contributed by atoms with van der Waals surface area (Å²) < 4.78 is 5.17. The molecule has 6 nitrogen and oxygen atoms in total. The molecule has 0 spiro atoms. The quantitative estimate of drug-likeness (QED) is 0.843. The van der Waals surface area contributed by atoms with E-state index < -0.39 is 11.6 Å². The summed E-state index contributed by atoms with van der Waals surface area (Å²) in [5, 5.41) is 8.93. The van der Waals surface area contributed by atoms with Crippen LogP contribution in [-0.2, 0) is 9.53 Å². The zero-order valence-electron chi connectivity index (χ0n) is 13.3. The highest BCUT2D eigenvalue weighted by molar-refractivity contribution is 5.97. The minimum absolute atomic E-state index is 0.0476. The van der Waals surface area contributed by atoms with Crippen LogP contribution in [0.5, 0.6) is 0 Å². The number of esters is 1. The third-order valence-electron chi connectivity index (χ3n) is 2.77. The van der Waals surface area contributed by atoms with Crippen molar-refractivity contribution in [3.63, 3.8) is 0 Å². The number of carbonyl (C=O) groups is 3. The van der Waals surface area contributed by atoms with Gasteiger partial charge in [-0.25, -0.2) is 4.79 Å². The maximum atomic E-state index is 12.2. The zero-order valence-corrected chi connectivity index (χ0v) is 13.3. The summed E-state index contributed by atoms with van der Waals surface area (Å²) >= 11 is 0. The lowest BCUT2D eigenvalue weighted by molar-refractivity contribution is -0.154. The van der Waals surface area contributed by atoms with E-state index >= 15 is 0 Å². The summed E-state index contributed by atoms with van der Waals surface area (Å²) in [6.45, 7) is 5.52. The van der Waals surface area contributed by atoms with Gasteiger partial charge in [0.15, 0.2) is 0 Å². The van der Waals surface area contributed by atoms with Crippen molar-refractivity contribution < 1.29 is 24.2 Å². The molecule has 1 amide bonds. The van der Waals surface area contributed by atoms with Crippen LogP contribution in [0.25, 0.3) is 0 Å². The Morgan fingerprint density at radius 3 is 2.32 bits per heavy atom. The van der Waals surface area contributed by atoms with Gasteiger partial charge in [0.1, 0.15) is 5.60 Å². The van der Waals surface area contributed by atoms with E-state index in [-0.39, 0.29) is 36.0 Å². The first-order valence-electron chi connectivity index (χ1n) is 6.91. The lowest BCUT2D eigenvalue weighted by Crippen LogP contribution is -2.31. The maximum absolute atomic E-state index is 12.2. The number of rotatable bonds is 5. The predicted octanol–water partition coefficient (Wildman–Crippen LogP) is 2.19. The van der Waals surface area contributed by atoms with Gasteiger partial charge < -0.3 is 14.7 Å². The van der Waals surface area contributed by atoms with E-state index in [1.165, 1.54) is 23.1 Å². The van der Waals surface area contributed by atoms with Gasteiger partial charge in [0.25, 0.3) is 5.91 Å². The van der Waals surface area contributed by atoms with E-state index in [1.54, 1.807) is 33.9 Å². The molecular weight excluding hydrogens is 286 g/mol. The Hall–Kier alpha value is -2.37. The standard InChI is InChI=1S/C16H21NO5/c1-16(2,3)22-13(18)8-9-17(4)14(19)11-6-5-7-12(10-11)15(20)21/h5-7,10H,8-9H2,1-4H3,(H,20,21). The second kappa shape index (κ2) is 7.06. The van der Waals surface area contributed by atoms with Crippen LogP contribution in [0.4, 0.5) is 0 Å². The molecule has 0 saturated heterocycles. The topological polar surface area (TPSA) is 83.9 Å². The number of benzene rings is 1. The first-order chi connectivity index (χ1) is 10.1. The molecule has 22 heavy (non-hydrogen) atoms. The summed E-state index contributed by atoms with van der Waals surface area (Å²) in [6, 6.07) is 5.78. The summed E-state index contributed by atoms with van der Waals surface area (Å²) in [7, 11) is 1.56. The van der Waals surface area contributed by atoms with E-state index in [4.69, 9.17) is 9.84 Å². The number of hydrogen-bond acceptors (Lipinski definition) is 4. The van der Waals surface area contributed by atoms with Crippen LogP contribution < -0.4 is 0 Å². The highest BCUT2D eigenvalue weighted by atomic mass is 16.6. The molecule has 0 fully saturated rings. The van der Waals surface area contributed by atoms with E-state index in [0.717, 1.165) is 0 Å². The maximum Gasteiger partial charge on any atom is 0.335 e. The van der Waals surface area contributed by atoms with Crippen molar-refractivity contribution in [2.45, 2.75) is 32.8 Å². The first kappa shape index (κ1) is 17.7. The number of aromatic carboxylic acids is 1. The van der Waals surface area contributed by atoms with E-state index in [2.05, 4.69) is 0 Å². The van der Waals surface area contributed by atoms with Crippen LogP contribution in [0.2, 0.25) is 0 Å². The van der Waals surface area contributed by atoms with Crippen molar-refractivity contribution in [1.82, 2.24) is 4.90 Å². The van der Waals surface area contributed by atoms with Gasteiger partial charge in [0.2, 0.25) is 0 Å². The largest absolute Gasteiger partial charge is 0.478 e. The minimum atomic E-state index is -1.09. The lowest BCUT2D eigenvalue weighted by atomic mass is 10.1. The Balaban J connectivity index is 2.64. The molecule has 0 atom stereocenters. The molecule has 120 valence electrons. The van der Waals surface area contributed by atoms with Gasteiger partial charge in [-0.3, -0.25) is 9.59 Å². The molecule has 0 unspecified atom stereocenters. The number of hydrogen-bond donors (Lipinski definition) is 1. The molecule has 1 aromatic carbocycles. The van der Waals surface area contributed by atoms with Gasteiger partial charge in [-0.05, 0) is 39.0 Å². The summed E-state index contributed by atoms with van der Waals surface area (Å²) in [5.41, 5.74) is -0.242. The fourth-order valence-corrected chi connectivity index (χ4v) is 1.76. The number of carboxylic acid groups (broad SMARTS) is 1. The van der Waals surface area contributed by atoms with Crippen molar-refractivity contribution in [3.8, 4) is 0 Å². The zero-order chi connectivity index (χ0) is 16.9. The molecule has 0 aromatic heterocycles. The molecule has 1 rings (SSSR count). The Kier molecular flexibility index (Phi) is 5.68. The molecule has 1 N–H and O–H groups in total.